The molecule has 1 heterocycles. The van der Waals surface area contributed by atoms with Crippen molar-refractivity contribution in [3.8, 4) is 17.0 Å². The predicted molar refractivity (Wildman–Crippen MR) is 103 cm³/mol. The molecule has 0 saturated carbocycles. The van der Waals surface area contributed by atoms with Gasteiger partial charge >= 0.3 is 0 Å². The first-order chi connectivity index (χ1) is 11.7. The number of halogens is 2. The van der Waals surface area contributed by atoms with Gasteiger partial charge in [0.2, 0.25) is 5.13 Å². The largest absolute Gasteiger partial charge is 0.496 e. The van der Waals surface area contributed by atoms with Gasteiger partial charge in [0.05, 0.1) is 12.8 Å². The number of nitrogens with zero attached hydrogens (tertiary/aromatic N) is 2. The molecule has 0 aliphatic heterocycles. The number of ether oxygens (including phenoxy) is 1. The zero-order valence-electron chi connectivity index (χ0n) is 12.7. The first-order valence-electron chi connectivity index (χ1n) is 7.31. The standard InChI is InChI=1S/C18H12BrClN2OS/c1-23-14-7-6-13(19)12-8-15-17(16(12)14)22-18(24-15)21-9-10-2-4-11(20)5-3-10/h2-7,9H,8H2,1H3. The van der Waals surface area contributed by atoms with Crippen molar-refractivity contribution in [1.82, 2.24) is 4.98 Å². The highest BCUT2D eigenvalue weighted by molar-refractivity contribution is 9.10. The van der Waals surface area contributed by atoms with Gasteiger partial charge in [-0.1, -0.05) is 51.0 Å². The van der Waals surface area contributed by atoms with Crippen molar-refractivity contribution < 1.29 is 4.74 Å². The number of hydrogen-bond donors (Lipinski definition) is 0. The lowest BCUT2D eigenvalue weighted by Gasteiger charge is -2.08. The molecule has 0 N–H and O–H groups in total. The fourth-order valence-electron chi connectivity index (χ4n) is 2.75. The van der Waals surface area contributed by atoms with E-state index >= 15 is 0 Å². The molecule has 0 amide bonds. The van der Waals surface area contributed by atoms with Gasteiger partial charge in [-0.25, -0.2) is 9.98 Å². The molecule has 1 aliphatic carbocycles. The number of benzene rings is 2. The van der Waals surface area contributed by atoms with Crippen molar-refractivity contribution in [2.75, 3.05) is 7.11 Å². The van der Waals surface area contributed by atoms with Crippen molar-refractivity contribution in [2.45, 2.75) is 6.42 Å². The summed E-state index contributed by atoms with van der Waals surface area (Å²) in [4.78, 5) is 10.4. The third-order valence-electron chi connectivity index (χ3n) is 3.89. The molecule has 0 saturated heterocycles. The van der Waals surface area contributed by atoms with Gasteiger partial charge in [0.1, 0.15) is 5.75 Å². The molecular formula is C18H12BrClN2OS. The Bertz CT molecular complexity index is 950. The second-order valence-corrected chi connectivity index (χ2v) is 7.71. The number of rotatable bonds is 3. The highest BCUT2D eigenvalue weighted by Crippen LogP contribution is 2.48. The summed E-state index contributed by atoms with van der Waals surface area (Å²) < 4.78 is 6.60. The van der Waals surface area contributed by atoms with Crippen molar-refractivity contribution in [3.05, 3.63) is 61.9 Å². The minimum atomic E-state index is 0.717. The van der Waals surface area contributed by atoms with E-state index in [0.29, 0.717) is 0 Å². The molecule has 0 atom stereocenters. The van der Waals surface area contributed by atoms with Gasteiger partial charge in [0.25, 0.3) is 0 Å². The molecule has 2 aromatic carbocycles. The summed E-state index contributed by atoms with van der Waals surface area (Å²) in [6.07, 6.45) is 2.67. The van der Waals surface area contributed by atoms with E-state index in [2.05, 4.69) is 20.9 Å². The van der Waals surface area contributed by atoms with E-state index in [1.54, 1.807) is 18.4 Å². The number of methoxy groups -OCH3 is 1. The number of hydrogen-bond acceptors (Lipinski definition) is 4. The van der Waals surface area contributed by atoms with Gasteiger partial charge in [-0.2, -0.15) is 0 Å². The minimum absolute atomic E-state index is 0.717. The third kappa shape index (κ3) is 2.77. The highest BCUT2D eigenvalue weighted by Gasteiger charge is 2.28. The average Bonchev–Trinajstić information content (AvgIpc) is 3.13. The predicted octanol–water partition coefficient (Wildman–Crippen LogP) is 5.89. The summed E-state index contributed by atoms with van der Waals surface area (Å²) in [6.45, 7) is 0. The van der Waals surface area contributed by atoms with Crippen molar-refractivity contribution >= 4 is 50.2 Å². The summed E-state index contributed by atoms with van der Waals surface area (Å²) in [5, 5.41) is 1.47. The first-order valence-corrected chi connectivity index (χ1v) is 9.29. The Morgan fingerprint density at radius 1 is 1.25 bits per heavy atom. The summed E-state index contributed by atoms with van der Waals surface area (Å²) >= 11 is 11.1. The Hall–Kier alpha value is -1.69. The first kappa shape index (κ1) is 15.8. The van der Waals surface area contributed by atoms with E-state index in [0.717, 1.165) is 43.6 Å². The van der Waals surface area contributed by atoms with Crippen LogP contribution < -0.4 is 4.74 Å². The van der Waals surface area contributed by atoms with Crippen LogP contribution in [0.4, 0.5) is 5.13 Å². The molecule has 4 rings (SSSR count). The lowest BCUT2D eigenvalue weighted by atomic mass is 10.1. The Kier molecular flexibility index (Phi) is 4.16. The number of aromatic nitrogens is 1. The van der Waals surface area contributed by atoms with Crippen LogP contribution in [0.15, 0.2) is 45.9 Å². The fourth-order valence-corrected chi connectivity index (χ4v) is 4.27. The number of fused-ring (bicyclic) bond motifs is 3. The summed E-state index contributed by atoms with van der Waals surface area (Å²) in [7, 11) is 1.69. The summed E-state index contributed by atoms with van der Waals surface area (Å²) in [6, 6.07) is 11.6. The zero-order chi connectivity index (χ0) is 16.7. The van der Waals surface area contributed by atoms with Crippen LogP contribution in [0.1, 0.15) is 16.0 Å². The van der Waals surface area contributed by atoms with E-state index in [1.165, 1.54) is 10.4 Å². The maximum Gasteiger partial charge on any atom is 0.209 e. The molecule has 0 spiro atoms. The quantitative estimate of drug-likeness (QED) is 0.388. The zero-order valence-corrected chi connectivity index (χ0v) is 15.9. The van der Waals surface area contributed by atoms with Crippen molar-refractivity contribution in [3.63, 3.8) is 0 Å². The smallest absolute Gasteiger partial charge is 0.209 e. The van der Waals surface area contributed by atoms with Crippen LogP contribution >= 0.6 is 38.9 Å². The SMILES string of the molecule is COc1ccc(Br)c2c1-c1nc(N=Cc3ccc(Cl)cc3)sc1C2. The Balaban J connectivity index is 1.69. The second-order valence-electron chi connectivity index (χ2n) is 5.36. The van der Waals surface area contributed by atoms with Gasteiger partial charge < -0.3 is 4.74 Å². The number of aliphatic imine (C=N–C) groups is 1. The van der Waals surface area contributed by atoms with Gasteiger partial charge in [0, 0.05) is 32.6 Å². The molecule has 24 heavy (non-hydrogen) atoms. The Morgan fingerprint density at radius 3 is 2.79 bits per heavy atom. The molecule has 0 unspecified atom stereocenters. The normalized spacial score (nSPS) is 12.5. The van der Waals surface area contributed by atoms with Crippen LogP contribution in [0, 0.1) is 0 Å². The molecule has 0 bridgehead atoms. The average molecular weight is 420 g/mol. The third-order valence-corrected chi connectivity index (χ3v) is 5.85. The maximum atomic E-state index is 5.90. The van der Waals surface area contributed by atoms with Gasteiger partial charge in [-0.3, -0.25) is 0 Å². The molecule has 1 aliphatic rings. The van der Waals surface area contributed by atoms with Crippen LogP contribution in [0.2, 0.25) is 5.02 Å². The molecule has 3 nitrogen and oxygen atoms in total. The molecule has 1 aromatic heterocycles. The molecule has 3 aromatic rings. The maximum absolute atomic E-state index is 5.90. The van der Waals surface area contributed by atoms with E-state index in [4.69, 9.17) is 21.3 Å². The molecule has 0 radical (unpaired) electrons. The monoisotopic (exact) mass is 418 g/mol. The van der Waals surface area contributed by atoms with Gasteiger partial charge in [-0.05, 0) is 35.4 Å². The lowest BCUT2D eigenvalue weighted by molar-refractivity contribution is 0.416. The topological polar surface area (TPSA) is 34.5 Å². The Labute approximate surface area is 157 Å². The lowest BCUT2D eigenvalue weighted by Crippen LogP contribution is -1.90. The molecule has 120 valence electrons. The van der Waals surface area contributed by atoms with Crippen LogP contribution in [-0.4, -0.2) is 18.3 Å². The van der Waals surface area contributed by atoms with Gasteiger partial charge in [-0.15, -0.1) is 0 Å². The Morgan fingerprint density at radius 2 is 2.04 bits per heavy atom. The van der Waals surface area contributed by atoms with E-state index in [-0.39, 0.29) is 0 Å². The van der Waals surface area contributed by atoms with Crippen molar-refractivity contribution in [1.29, 1.82) is 0 Å². The summed E-state index contributed by atoms with van der Waals surface area (Å²) in [5.74, 6) is 0.852. The van der Waals surface area contributed by atoms with E-state index in [1.807, 2.05) is 42.6 Å². The molecule has 6 heteroatoms. The minimum Gasteiger partial charge on any atom is -0.496 e. The fraction of sp³-hybridized carbons (Fsp3) is 0.111. The molecular weight excluding hydrogens is 408 g/mol. The highest BCUT2D eigenvalue weighted by atomic mass is 79.9. The second kappa shape index (κ2) is 6.31. The molecule has 0 fully saturated rings. The van der Waals surface area contributed by atoms with Crippen LogP contribution in [0.5, 0.6) is 5.75 Å². The summed E-state index contributed by atoms with van der Waals surface area (Å²) in [5.41, 5.74) is 4.29. The van der Waals surface area contributed by atoms with Crippen LogP contribution in [0.25, 0.3) is 11.3 Å². The van der Waals surface area contributed by atoms with Crippen LogP contribution in [-0.2, 0) is 6.42 Å². The van der Waals surface area contributed by atoms with Gasteiger partial charge in [0.15, 0.2) is 0 Å². The van der Waals surface area contributed by atoms with Crippen molar-refractivity contribution in [2.24, 2.45) is 4.99 Å². The van der Waals surface area contributed by atoms with E-state index < -0.39 is 0 Å². The number of thiazole rings is 1. The van der Waals surface area contributed by atoms with E-state index in [9.17, 15) is 0 Å². The van der Waals surface area contributed by atoms with Crippen LogP contribution in [0.3, 0.4) is 0 Å².